The van der Waals surface area contributed by atoms with Crippen LogP contribution in [0.4, 0.5) is 10.5 Å². The molecular weight excluding hydrogens is 312 g/mol. The summed E-state index contributed by atoms with van der Waals surface area (Å²) in [5.41, 5.74) is 2.37. The third-order valence-corrected chi connectivity index (χ3v) is 4.38. The molecule has 2 aromatic rings. The molecular formula is C17H20N2O3S. The molecule has 0 aromatic heterocycles. The minimum Gasteiger partial charge on any atom is -0.387 e. The van der Waals surface area contributed by atoms with Crippen molar-refractivity contribution in [1.29, 1.82) is 0 Å². The van der Waals surface area contributed by atoms with E-state index in [1.807, 2.05) is 31.2 Å². The highest BCUT2D eigenvalue weighted by Gasteiger charge is 2.11. The van der Waals surface area contributed by atoms with Crippen molar-refractivity contribution in [1.82, 2.24) is 5.32 Å². The topological polar surface area (TPSA) is 78.4 Å². The van der Waals surface area contributed by atoms with E-state index in [9.17, 15) is 14.1 Å². The fourth-order valence-electron chi connectivity index (χ4n) is 2.17. The Morgan fingerprint density at radius 2 is 1.83 bits per heavy atom. The van der Waals surface area contributed by atoms with Gasteiger partial charge in [0.2, 0.25) is 0 Å². The van der Waals surface area contributed by atoms with Gasteiger partial charge in [-0.25, -0.2) is 4.79 Å². The average molecular weight is 332 g/mol. The zero-order chi connectivity index (χ0) is 16.8. The number of amides is 2. The monoisotopic (exact) mass is 332 g/mol. The smallest absolute Gasteiger partial charge is 0.319 e. The zero-order valence-corrected chi connectivity index (χ0v) is 13.9. The molecule has 2 amide bonds. The Kier molecular flexibility index (Phi) is 5.90. The Labute approximate surface area is 138 Å². The first kappa shape index (κ1) is 17.2. The highest BCUT2D eigenvalue weighted by Crippen LogP contribution is 2.16. The molecule has 0 fully saturated rings. The van der Waals surface area contributed by atoms with Crippen LogP contribution in [-0.4, -0.2) is 28.1 Å². The van der Waals surface area contributed by atoms with Gasteiger partial charge in [-0.05, 0) is 42.3 Å². The number of anilines is 1. The third-order valence-electron chi connectivity index (χ3n) is 3.45. The molecule has 0 aliphatic rings. The summed E-state index contributed by atoms with van der Waals surface area (Å²) in [6.45, 7) is 2.03. The summed E-state index contributed by atoms with van der Waals surface area (Å²) in [5, 5.41) is 15.4. The molecule has 23 heavy (non-hydrogen) atoms. The van der Waals surface area contributed by atoms with Gasteiger partial charge in [0, 0.05) is 34.2 Å². The predicted molar refractivity (Wildman–Crippen MR) is 91.9 cm³/mol. The number of hydrogen-bond donors (Lipinski definition) is 3. The molecule has 0 bridgehead atoms. The van der Waals surface area contributed by atoms with E-state index in [1.54, 1.807) is 30.5 Å². The van der Waals surface area contributed by atoms with Gasteiger partial charge in [-0.2, -0.15) is 0 Å². The molecule has 0 saturated carbocycles. The Morgan fingerprint density at radius 3 is 2.43 bits per heavy atom. The lowest BCUT2D eigenvalue weighted by molar-refractivity contribution is 0.174. The summed E-state index contributed by atoms with van der Waals surface area (Å²) >= 11 is 0. The standard InChI is InChI=1S/C17H20N2O3S/c1-12-5-3-4-6-15(12)16(20)11-18-17(21)19-13-7-9-14(10-8-13)23(2)22/h3-10,16,20H,11H2,1-2H3,(H2,18,19,21). The summed E-state index contributed by atoms with van der Waals surface area (Å²) in [5.74, 6) is 0. The normalized spacial score (nSPS) is 13.2. The minimum absolute atomic E-state index is 0.119. The van der Waals surface area contributed by atoms with E-state index in [0.717, 1.165) is 11.1 Å². The van der Waals surface area contributed by atoms with E-state index >= 15 is 0 Å². The van der Waals surface area contributed by atoms with Gasteiger partial charge in [-0.3, -0.25) is 4.21 Å². The molecule has 0 aliphatic carbocycles. The van der Waals surface area contributed by atoms with Crippen LogP contribution in [0.3, 0.4) is 0 Å². The van der Waals surface area contributed by atoms with Crippen LogP contribution in [0.5, 0.6) is 0 Å². The molecule has 2 atom stereocenters. The van der Waals surface area contributed by atoms with Crippen molar-refractivity contribution in [3.8, 4) is 0 Å². The number of hydrogen-bond acceptors (Lipinski definition) is 3. The van der Waals surface area contributed by atoms with Crippen molar-refractivity contribution >= 4 is 22.5 Å². The first-order valence-electron chi connectivity index (χ1n) is 7.19. The van der Waals surface area contributed by atoms with Crippen molar-refractivity contribution < 1.29 is 14.1 Å². The fraction of sp³-hybridized carbons (Fsp3) is 0.235. The number of aliphatic hydroxyl groups excluding tert-OH is 1. The maximum Gasteiger partial charge on any atom is 0.319 e. The molecule has 0 radical (unpaired) electrons. The highest BCUT2D eigenvalue weighted by atomic mass is 32.2. The Bertz CT molecular complexity index is 701. The second-order valence-electron chi connectivity index (χ2n) is 5.19. The molecule has 2 unspecified atom stereocenters. The van der Waals surface area contributed by atoms with Crippen LogP contribution in [0, 0.1) is 6.92 Å². The van der Waals surface area contributed by atoms with Gasteiger partial charge in [0.25, 0.3) is 0 Å². The molecule has 3 N–H and O–H groups in total. The van der Waals surface area contributed by atoms with Crippen LogP contribution in [0.25, 0.3) is 0 Å². The van der Waals surface area contributed by atoms with Gasteiger partial charge in [0.15, 0.2) is 0 Å². The van der Waals surface area contributed by atoms with Crippen molar-refractivity contribution in [2.45, 2.75) is 17.9 Å². The molecule has 0 heterocycles. The van der Waals surface area contributed by atoms with E-state index in [0.29, 0.717) is 10.6 Å². The first-order chi connectivity index (χ1) is 11.0. The summed E-state index contributed by atoms with van der Waals surface area (Å²) < 4.78 is 11.3. The Morgan fingerprint density at radius 1 is 1.17 bits per heavy atom. The van der Waals surface area contributed by atoms with Gasteiger partial charge in [0.1, 0.15) is 0 Å². The van der Waals surface area contributed by atoms with E-state index < -0.39 is 22.9 Å². The summed E-state index contributed by atoms with van der Waals surface area (Å²) in [7, 11) is -1.04. The Hall–Kier alpha value is -2.18. The van der Waals surface area contributed by atoms with Gasteiger partial charge in [0.05, 0.1) is 6.10 Å². The number of carbonyl (C=O) groups is 1. The van der Waals surface area contributed by atoms with Gasteiger partial charge in [-0.1, -0.05) is 24.3 Å². The first-order valence-corrected chi connectivity index (χ1v) is 8.75. The van der Waals surface area contributed by atoms with Crippen LogP contribution in [0.2, 0.25) is 0 Å². The highest BCUT2D eigenvalue weighted by molar-refractivity contribution is 7.84. The number of rotatable bonds is 5. The number of urea groups is 1. The summed E-state index contributed by atoms with van der Waals surface area (Å²) in [6, 6.07) is 13.9. The molecule has 122 valence electrons. The summed E-state index contributed by atoms with van der Waals surface area (Å²) in [6.07, 6.45) is 0.842. The molecule has 5 nitrogen and oxygen atoms in total. The van der Waals surface area contributed by atoms with E-state index in [-0.39, 0.29) is 6.54 Å². The molecule has 6 heteroatoms. The maximum atomic E-state index is 11.9. The van der Waals surface area contributed by atoms with Crippen molar-refractivity contribution in [2.24, 2.45) is 0 Å². The Balaban J connectivity index is 1.87. The average Bonchev–Trinajstić information content (AvgIpc) is 2.53. The lowest BCUT2D eigenvalue weighted by Crippen LogP contribution is -2.32. The largest absolute Gasteiger partial charge is 0.387 e. The van der Waals surface area contributed by atoms with Gasteiger partial charge >= 0.3 is 6.03 Å². The molecule has 0 saturated heterocycles. The third kappa shape index (κ3) is 4.91. The minimum atomic E-state index is -1.04. The van der Waals surface area contributed by atoms with Crippen molar-refractivity contribution in [2.75, 3.05) is 18.1 Å². The van der Waals surface area contributed by atoms with Crippen LogP contribution in [0.15, 0.2) is 53.4 Å². The fourth-order valence-corrected chi connectivity index (χ4v) is 2.68. The maximum absolute atomic E-state index is 11.9. The van der Waals surface area contributed by atoms with Gasteiger partial charge < -0.3 is 15.7 Å². The van der Waals surface area contributed by atoms with Crippen LogP contribution >= 0.6 is 0 Å². The quantitative estimate of drug-likeness (QED) is 0.787. The number of aliphatic hydroxyl groups is 1. The van der Waals surface area contributed by atoms with Crippen LogP contribution < -0.4 is 10.6 Å². The number of nitrogens with one attached hydrogen (secondary N) is 2. The van der Waals surface area contributed by atoms with E-state index in [1.165, 1.54) is 0 Å². The van der Waals surface area contributed by atoms with Crippen molar-refractivity contribution in [3.63, 3.8) is 0 Å². The molecule has 2 rings (SSSR count). The number of carbonyl (C=O) groups excluding carboxylic acids is 1. The lowest BCUT2D eigenvalue weighted by atomic mass is 10.0. The lowest BCUT2D eigenvalue weighted by Gasteiger charge is -2.15. The second-order valence-corrected chi connectivity index (χ2v) is 6.57. The zero-order valence-electron chi connectivity index (χ0n) is 13.1. The molecule has 0 spiro atoms. The second kappa shape index (κ2) is 7.89. The summed E-state index contributed by atoms with van der Waals surface area (Å²) in [4.78, 5) is 12.6. The molecule has 2 aromatic carbocycles. The number of benzene rings is 2. The van der Waals surface area contributed by atoms with Crippen LogP contribution in [0.1, 0.15) is 17.2 Å². The predicted octanol–water partition coefficient (Wildman–Crippen LogP) is 2.59. The van der Waals surface area contributed by atoms with E-state index in [2.05, 4.69) is 10.6 Å². The van der Waals surface area contributed by atoms with Crippen LogP contribution in [-0.2, 0) is 10.8 Å². The van der Waals surface area contributed by atoms with E-state index in [4.69, 9.17) is 0 Å². The number of aryl methyl sites for hydroxylation is 1. The molecule has 0 aliphatic heterocycles. The van der Waals surface area contributed by atoms with Gasteiger partial charge in [-0.15, -0.1) is 0 Å². The van der Waals surface area contributed by atoms with Crippen molar-refractivity contribution in [3.05, 3.63) is 59.7 Å². The SMILES string of the molecule is Cc1ccccc1C(O)CNC(=O)Nc1ccc(S(C)=O)cc1.